The highest BCUT2D eigenvalue weighted by atomic mass is 16.6. The molecule has 13 aliphatic rings. The van der Waals surface area contributed by atoms with Gasteiger partial charge in [-0.1, -0.05) is 171 Å². The van der Waals surface area contributed by atoms with Crippen LogP contribution in [0, 0.1) is 113 Å². The molecule has 0 aromatic rings. The van der Waals surface area contributed by atoms with Crippen LogP contribution >= 0.6 is 0 Å². The van der Waals surface area contributed by atoms with Crippen molar-refractivity contribution in [2.75, 3.05) is 26.4 Å². The zero-order valence-electron chi connectivity index (χ0n) is 64.8. The summed E-state index contributed by atoms with van der Waals surface area (Å²) in [5.41, 5.74) is 3.37. The van der Waals surface area contributed by atoms with Gasteiger partial charge in [-0.15, -0.1) is 0 Å². The summed E-state index contributed by atoms with van der Waals surface area (Å²) in [5.74, 6) is 6.66. The van der Waals surface area contributed by atoms with E-state index in [4.69, 9.17) is 14.2 Å². The SMILES string of the molecule is CCC12CCC3C(C)(C)CCCC3(C)C1CC(=O)O2.CC[C@@]1(O)CC[C@H]2C(C)(C)CCC[C@@]2(C)[C@@H]1CCO.CC[C@@]12CC[C@H]3C(C)(C)CCC[C@@]3(C)[C@@H]1CCO2.CC[C@]1(O)CC[C@H]2C(C)(C)CCC[C@]2(C)[C@@H]1CCO.CC[C@]12CC[C@H]3C(C)(C)CCC[C@]3(C)[C@@H]1CCO2. The molecule has 3 saturated heterocycles. The minimum atomic E-state index is -0.554. The van der Waals surface area contributed by atoms with Gasteiger partial charge in [0.2, 0.25) is 0 Å². The van der Waals surface area contributed by atoms with Crippen LogP contribution in [0.2, 0.25) is 0 Å². The molecule has 8 nitrogen and oxygen atoms in total. The van der Waals surface area contributed by atoms with E-state index in [1.165, 1.54) is 154 Å². The maximum atomic E-state index is 11.9. The molecule has 3 heterocycles. The molecule has 0 aromatic carbocycles. The smallest absolute Gasteiger partial charge is 0.306 e. The lowest BCUT2D eigenvalue weighted by Gasteiger charge is -2.62. The summed E-state index contributed by atoms with van der Waals surface area (Å²) in [4.78, 5) is 11.9. The topological polar surface area (TPSA) is 126 Å². The molecule has 540 valence electrons. The summed E-state index contributed by atoms with van der Waals surface area (Å²) in [6, 6.07) is 0. The average molecular weight is 1300 g/mol. The Bertz CT molecular complexity index is 2370. The Morgan fingerprint density at radius 2 is 0.613 bits per heavy atom. The highest BCUT2D eigenvalue weighted by Gasteiger charge is 2.67. The van der Waals surface area contributed by atoms with Crippen molar-refractivity contribution >= 4 is 5.97 Å². The van der Waals surface area contributed by atoms with E-state index in [1.807, 2.05) is 0 Å². The third-order valence-electron chi connectivity index (χ3n) is 34.0. The Morgan fingerprint density at radius 1 is 0.333 bits per heavy atom. The van der Waals surface area contributed by atoms with E-state index in [0.29, 0.717) is 67.5 Å². The Labute approximate surface area is 573 Å². The van der Waals surface area contributed by atoms with Crippen LogP contribution in [-0.4, -0.2) is 80.8 Å². The second-order valence-corrected chi connectivity index (χ2v) is 40.1. The molecule has 4 N–H and O–H groups in total. The predicted molar refractivity (Wildman–Crippen MR) is 385 cm³/mol. The fourth-order valence-electron chi connectivity index (χ4n) is 29.5. The van der Waals surface area contributed by atoms with E-state index in [-0.39, 0.29) is 58.7 Å². The molecule has 8 heteroatoms. The van der Waals surface area contributed by atoms with E-state index < -0.39 is 11.2 Å². The predicted octanol–water partition coefficient (Wildman–Crippen LogP) is 21.4. The third-order valence-corrected chi connectivity index (χ3v) is 34.0. The van der Waals surface area contributed by atoms with Gasteiger partial charge in [-0.05, 0) is 294 Å². The second kappa shape index (κ2) is 27.5. The standard InChI is InChI=1S/C17H28O2.2C17H32O2.2C17H30O/c1-5-17-10-7-12-15(2,3)8-6-9-16(12,4)13(17)11-14(18)19-17;2*1-5-17(19)11-7-13-15(2,3)9-6-10-16(13,4)14(17)8-12-18;2*1-5-17-11-7-13-15(2,3)9-6-10-16(13,4)14(17)8-12-18-17/h12-13H,5-11H2,1-4H3;2*13-14,18-19H,5-12H2,1-4H3;2*13-14H,5-12H2,1-4H3/t;13-,14-,16+,17+;13-,14-,16-,17-;13-,14-,16+,17+;13-,14-,16-,17-/m.0000/s1. The number of ether oxygens (including phenoxy) is 3. The first-order valence-corrected chi connectivity index (χ1v) is 40.5. The molecule has 0 radical (unpaired) electrons. The summed E-state index contributed by atoms with van der Waals surface area (Å²) in [6.07, 6.45) is 41.9. The van der Waals surface area contributed by atoms with Gasteiger partial charge >= 0.3 is 5.97 Å². The molecule has 0 spiro atoms. The number of carbonyl (C=O) groups excluding carboxylic acids is 1. The van der Waals surface area contributed by atoms with Crippen molar-refractivity contribution in [1.29, 1.82) is 0 Å². The average Bonchev–Trinajstić information content (AvgIpc) is 1.71. The maximum absolute atomic E-state index is 11.9. The van der Waals surface area contributed by atoms with Gasteiger partial charge in [0.1, 0.15) is 5.60 Å². The van der Waals surface area contributed by atoms with Crippen molar-refractivity contribution < 1.29 is 39.4 Å². The van der Waals surface area contributed by atoms with E-state index in [1.54, 1.807) is 0 Å². The Balaban J connectivity index is 0.000000137. The normalized spacial score (nSPS) is 48.2. The summed E-state index contributed by atoms with van der Waals surface area (Å²) >= 11 is 0. The third kappa shape index (κ3) is 13.4. The van der Waals surface area contributed by atoms with Crippen molar-refractivity contribution in [3.05, 3.63) is 0 Å². The first kappa shape index (κ1) is 76.4. The molecule has 0 bridgehead atoms. The van der Waals surface area contributed by atoms with Crippen molar-refractivity contribution in [3.8, 4) is 0 Å². The van der Waals surface area contributed by atoms with Crippen molar-refractivity contribution in [3.63, 3.8) is 0 Å². The molecule has 13 rings (SSSR count). The van der Waals surface area contributed by atoms with Crippen LogP contribution in [0.25, 0.3) is 0 Å². The van der Waals surface area contributed by atoms with Crippen molar-refractivity contribution in [2.24, 2.45) is 113 Å². The Hall–Kier alpha value is -0.770. The number of fused-ring (bicyclic) bond motifs is 11. The molecule has 3 aliphatic heterocycles. The van der Waals surface area contributed by atoms with Gasteiger partial charge in [-0.3, -0.25) is 4.79 Å². The minimum absolute atomic E-state index is 0.0529. The number of carbonyl (C=O) groups is 1. The Morgan fingerprint density at radius 3 is 0.914 bits per heavy atom. The van der Waals surface area contributed by atoms with Gasteiger partial charge in [0.25, 0.3) is 0 Å². The highest BCUT2D eigenvalue weighted by molar-refractivity contribution is 5.73. The molecular formula is C85H152O8. The van der Waals surface area contributed by atoms with Crippen LogP contribution < -0.4 is 0 Å². The van der Waals surface area contributed by atoms with Crippen LogP contribution in [0.5, 0.6) is 0 Å². The van der Waals surface area contributed by atoms with Gasteiger partial charge < -0.3 is 34.6 Å². The zero-order chi connectivity index (χ0) is 68.5. The number of hydrogen-bond acceptors (Lipinski definition) is 8. The first-order chi connectivity index (χ1) is 43.3. The van der Waals surface area contributed by atoms with Crippen LogP contribution in [0.3, 0.4) is 0 Å². The van der Waals surface area contributed by atoms with Gasteiger partial charge in [-0.2, -0.15) is 0 Å². The number of esters is 1. The van der Waals surface area contributed by atoms with Gasteiger partial charge in [0, 0.05) is 32.3 Å². The quantitative estimate of drug-likeness (QED) is 0.168. The zero-order valence-corrected chi connectivity index (χ0v) is 64.8. The molecule has 13 fully saturated rings. The largest absolute Gasteiger partial charge is 0.459 e. The molecule has 0 aromatic heterocycles. The van der Waals surface area contributed by atoms with E-state index in [0.717, 1.165) is 107 Å². The lowest BCUT2D eigenvalue weighted by atomic mass is 9.45. The second-order valence-electron chi connectivity index (χ2n) is 40.1. The lowest BCUT2D eigenvalue weighted by molar-refractivity contribution is -0.180. The monoisotopic (exact) mass is 1300 g/mol. The highest BCUT2D eigenvalue weighted by Crippen LogP contribution is 2.70. The lowest BCUT2D eigenvalue weighted by Crippen LogP contribution is -2.58. The summed E-state index contributed by atoms with van der Waals surface area (Å²) in [7, 11) is 0. The molecule has 93 heavy (non-hydrogen) atoms. The van der Waals surface area contributed by atoms with Crippen LogP contribution in [0.1, 0.15) is 363 Å². The molecule has 20 atom stereocenters. The van der Waals surface area contributed by atoms with Crippen molar-refractivity contribution in [1.82, 2.24) is 0 Å². The van der Waals surface area contributed by atoms with Crippen LogP contribution in [0.4, 0.5) is 0 Å². The summed E-state index contributed by atoms with van der Waals surface area (Å²) in [5, 5.41) is 41.0. The fraction of sp³-hybridized carbons (Fsp3) is 0.988. The summed E-state index contributed by atoms with van der Waals surface area (Å²) in [6.45, 7) is 50.5. The van der Waals surface area contributed by atoms with Gasteiger partial charge in [-0.25, -0.2) is 0 Å². The van der Waals surface area contributed by atoms with E-state index in [2.05, 4.69) is 138 Å². The molecule has 0 amide bonds. The van der Waals surface area contributed by atoms with Gasteiger partial charge in [0.05, 0.1) is 28.8 Å². The van der Waals surface area contributed by atoms with Gasteiger partial charge in [0.15, 0.2) is 0 Å². The minimum Gasteiger partial charge on any atom is -0.459 e. The fourth-order valence-corrected chi connectivity index (χ4v) is 29.5. The number of aliphatic hydroxyl groups excluding tert-OH is 2. The Kier molecular flexibility index (Phi) is 22.6. The number of aliphatic hydroxyl groups is 4. The van der Waals surface area contributed by atoms with Crippen LogP contribution in [0.15, 0.2) is 0 Å². The molecule has 4 unspecified atom stereocenters. The number of rotatable bonds is 9. The van der Waals surface area contributed by atoms with E-state index in [9.17, 15) is 25.2 Å². The molecule has 10 saturated carbocycles. The maximum Gasteiger partial charge on any atom is 0.306 e. The summed E-state index contributed by atoms with van der Waals surface area (Å²) < 4.78 is 18.4. The van der Waals surface area contributed by atoms with E-state index >= 15 is 0 Å². The van der Waals surface area contributed by atoms with Crippen LogP contribution in [-0.2, 0) is 19.0 Å². The first-order valence-electron chi connectivity index (χ1n) is 40.5. The number of hydrogen-bond donors (Lipinski definition) is 4. The molecule has 10 aliphatic carbocycles. The molecular weight excluding hydrogens is 1150 g/mol. The van der Waals surface area contributed by atoms with Crippen molar-refractivity contribution in [2.45, 2.75) is 391 Å².